The van der Waals surface area contributed by atoms with Gasteiger partial charge >= 0.3 is 11.4 Å². The van der Waals surface area contributed by atoms with E-state index >= 15 is 0 Å². The fourth-order valence-electron chi connectivity index (χ4n) is 3.71. The lowest BCUT2D eigenvalue weighted by Crippen LogP contribution is -2.30. The monoisotopic (exact) mass is 361 g/mol. The van der Waals surface area contributed by atoms with Crippen molar-refractivity contribution in [2.45, 2.75) is 24.9 Å². The smallest absolute Gasteiger partial charge is 0.245 e. The number of nitrogens with zero attached hydrogens (tertiary/aromatic N) is 3. The van der Waals surface area contributed by atoms with Crippen LogP contribution >= 0.6 is 15.9 Å². The number of fused-ring (bicyclic) bond motifs is 5. The Balaban J connectivity index is 1.83. The standard InChI is InChI=1S/C16H16BrN3O2/c17-10-4-7-12-13-8-9-14(12)20-16(22)18(15(21)19(13)20)11-5-2-1-3-6-11/h1-3,5-6,8-9,12-14H,4,7,10H2/t12?,13-,14+. The zero-order chi connectivity index (χ0) is 15.3. The maximum absolute atomic E-state index is 12.8. The summed E-state index contributed by atoms with van der Waals surface area (Å²) in [7, 11) is 0. The Morgan fingerprint density at radius 1 is 0.955 bits per heavy atom. The molecule has 1 aliphatic carbocycles. The van der Waals surface area contributed by atoms with E-state index in [1.54, 1.807) is 21.5 Å². The summed E-state index contributed by atoms with van der Waals surface area (Å²) in [4.78, 5) is 25.5. The molecular weight excluding hydrogens is 346 g/mol. The molecule has 1 aromatic heterocycles. The van der Waals surface area contributed by atoms with Crippen LogP contribution in [0.1, 0.15) is 24.9 Å². The molecule has 0 radical (unpaired) electrons. The van der Waals surface area contributed by atoms with Crippen LogP contribution in [0.5, 0.6) is 0 Å². The Bertz CT molecular complexity index is 801. The van der Waals surface area contributed by atoms with Crippen molar-refractivity contribution in [1.29, 1.82) is 0 Å². The van der Waals surface area contributed by atoms with E-state index in [0.29, 0.717) is 11.6 Å². The number of alkyl halides is 1. The molecule has 22 heavy (non-hydrogen) atoms. The highest BCUT2D eigenvalue weighted by molar-refractivity contribution is 9.09. The van der Waals surface area contributed by atoms with Crippen LogP contribution in [0.15, 0.2) is 52.1 Å². The first-order valence-electron chi connectivity index (χ1n) is 7.50. The van der Waals surface area contributed by atoms with Crippen molar-refractivity contribution in [3.05, 3.63) is 63.5 Å². The maximum atomic E-state index is 12.8. The molecule has 2 aromatic rings. The molecule has 0 fully saturated rings. The molecule has 6 heteroatoms. The van der Waals surface area contributed by atoms with Gasteiger partial charge in [0.25, 0.3) is 0 Å². The van der Waals surface area contributed by atoms with Gasteiger partial charge in [-0.15, -0.1) is 0 Å². The van der Waals surface area contributed by atoms with E-state index in [2.05, 4.69) is 28.1 Å². The second-order valence-corrected chi connectivity index (χ2v) is 6.58. The first-order chi connectivity index (χ1) is 10.7. The normalized spacial score (nSPS) is 24.9. The SMILES string of the molecule is O=c1n(-c2ccccc2)c(=O)n2n1[C@@H]1C=C[C@H]2C1CCCBr. The molecule has 0 amide bonds. The molecule has 2 heterocycles. The van der Waals surface area contributed by atoms with Crippen LogP contribution in [0.2, 0.25) is 0 Å². The van der Waals surface area contributed by atoms with Crippen molar-refractivity contribution in [2.75, 3.05) is 5.33 Å². The third-order valence-corrected chi connectivity index (χ3v) is 5.20. The quantitative estimate of drug-likeness (QED) is 0.619. The molecule has 4 rings (SSSR count). The number of benzene rings is 1. The summed E-state index contributed by atoms with van der Waals surface area (Å²) < 4.78 is 4.55. The summed E-state index contributed by atoms with van der Waals surface area (Å²) in [5.41, 5.74) is 0.150. The molecule has 0 spiro atoms. The number of hydrogen-bond donors (Lipinski definition) is 0. The predicted molar refractivity (Wildman–Crippen MR) is 88.0 cm³/mol. The lowest BCUT2D eigenvalue weighted by atomic mass is 9.95. The van der Waals surface area contributed by atoms with Crippen molar-refractivity contribution >= 4 is 15.9 Å². The van der Waals surface area contributed by atoms with Crippen molar-refractivity contribution in [3.63, 3.8) is 0 Å². The van der Waals surface area contributed by atoms with Crippen molar-refractivity contribution in [3.8, 4) is 5.69 Å². The molecule has 0 saturated heterocycles. The Kier molecular flexibility index (Phi) is 3.22. The van der Waals surface area contributed by atoms with Crippen LogP contribution in [0.3, 0.4) is 0 Å². The van der Waals surface area contributed by atoms with Crippen molar-refractivity contribution in [2.24, 2.45) is 5.92 Å². The molecular formula is C16H16BrN3O2. The van der Waals surface area contributed by atoms with Crippen molar-refractivity contribution in [1.82, 2.24) is 13.9 Å². The molecule has 0 saturated carbocycles. The zero-order valence-electron chi connectivity index (χ0n) is 11.9. The van der Waals surface area contributed by atoms with Gasteiger partial charge in [0.15, 0.2) is 0 Å². The highest BCUT2D eigenvalue weighted by atomic mass is 79.9. The fourth-order valence-corrected chi connectivity index (χ4v) is 4.03. The van der Waals surface area contributed by atoms with E-state index in [9.17, 15) is 9.59 Å². The fraction of sp³-hybridized carbons (Fsp3) is 0.375. The van der Waals surface area contributed by atoms with Crippen LogP contribution in [0.25, 0.3) is 5.69 Å². The summed E-state index contributed by atoms with van der Waals surface area (Å²) >= 11 is 3.45. The number of para-hydroxylation sites is 1. The minimum Gasteiger partial charge on any atom is -0.245 e. The van der Waals surface area contributed by atoms with E-state index in [0.717, 1.165) is 18.2 Å². The number of allylic oxidation sites excluding steroid dienone is 2. The van der Waals surface area contributed by atoms with Gasteiger partial charge in [0.2, 0.25) is 0 Å². The molecule has 1 aliphatic heterocycles. The second-order valence-electron chi connectivity index (χ2n) is 5.79. The molecule has 114 valence electrons. The molecule has 1 unspecified atom stereocenters. The number of halogens is 1. The van der Waals surface area contributed by atoms with Crippen molar-refractivity contribution < 1.29 is 0 Å². The summed E-state index contributed by atoms with van der Waals surface area (Å²) in [6.07, 6.45) is 6.19. The molecule has 2 aliphatic rings. The third-order valence-electron chi connectivity index (χ3n) is 4.64. The van der Waals surface area contributed by atoms with Gasteiger partial charge in [-0.2, -0.15) is 0 Å². The van der Waals surface area contributed by atoms with Crippen LogP contribution in [0, 0.1) is 5.92 Å². The summed E-state index contributed by atoms with van der Waals surface area (Å²) in [5.74, 6) is 0.323. The zero-order valence-corrected chi connectivity index (χ0v) is 13.5. The first-order valence-corrected chi connectivity index (χ1v) is 8.62. The van der Waals surface area contributed by atoms with Gasteiger partial charge in [0, 0.05) is 11.2 Å². The second kappa shape index (κ2) is 5.12. The highest BCUT2D eigenvalue weighted by Gasteiger charge is 2.45. The molecule has 2 bridgehead atoms. The Morgan fingerprint density at radius 2 is 1.55 bits per heavy atom. The largest absolute Gasteiger partial charge is 0.352 e. The molecule has 1 aromatic carbocycles. The average Bonchev–Trinajstić information content (AvgIpc) is 3.16. The topological polar surface area (TPSA) is 48.9 Å². The number of hydrogen-bond acceptors (Lipinski definition) is 2. The minimum absolute atomic E-state index is 0.00853. The van der Waals surface area contributed by atoms with Gasteiger partial charge in [0.05, 0.1) is 17.8 Å². The van der Waals surface area contributed by atoms with E-state index in [1.807, 2.05) is 18.2 Å². The number of rotatable bonds is 4. The number of aromatic nitrogens is 3. The Labute approximate surface area is 135 Å². The van der Waals surface area contributed by atoms with Gasteiger partial charge in [-0.05, 0) is 25.0 Å². The van der Waals surface area contributed by atoms with Gasteiger partial charge in [-0.3, -0.25) is 0 Å². The lowest BCUT2D eigenvalue weighted by Gasteiger charge is -2.14. The minimum atomic E-state index is -0.239. The summed E-state index contributed by atoms with van der Waals surface area (Å²) in [5, 5.41) is 0.945. The van der Waals surface area contributed by atoms with E-state index < -0.39 is 0 Å². The maximum Gasteiger partial charge on any atom is 0.352 e. The average molecular weight is 362 g/mol. The first kappa shape index (κ1) is 13.8. The van der Waals surface area contributed by atoms with Crippen LogP contribution in [-0.4, -0.2) is 19.3 Å². The van der Waals surface area contributed by atoms with Crippen LogP contribution < -0.4 is 11.4 Å². The Morgan fingerprint density at radius 3 is 2.09 bits per heavy atom. The van der Waals surface area contributed by atoms with Crippen LogP contribution in [0.4, 0.5) is 0 Å². The molecule has 3 atom stereocenters. The third kappa shape index (κ3) is 1.76. The summed E-state index contributed by atoms with van der Waals surface area (Å²) in [6.45, 7) is 0. The van der Waals surface area contributed by atoms with E-state index in [4.69, 9.17) is 0 Å². The van der Waals surface area contributed by atoms with Crippen LogP contribution in [-0.2, 0) is 0 Å². The summed E-state index contributed by atoms with van der Waals surface area (Å²) in [6, 6.07) is 9.13. The molecule has 5 nitrogen and oxygen atoms in total. The van der Waals surface area contributed by atoms with Gasteiger partial charge in [-0.25, -0.2) is 23.5 Å². The lowest BCUT2D eigenvalue weighted by molar-refractivity contribution is 0.402. The van der Waals surface area contributed by atoms with Gasteiger partial charge in [-0.1, -0.05) is 46.3 Å². The van der Waals surface area contributed by atoms with Gasteiger partial charge in [0.1, 0.15) is 0 Å². The predicted octanol–water partition coefficient (Wildman–Crippen LogP) is 2.26. The Hall–Kier alpha value is -1.82. The highest BCUT2D eigenvalue weighted by Crippen LogP contribution is 2.44. The van der Waals surface area contributed by atoms with E-state index in [1.165, 1.54) is 4.57 Å². The van der Waals surface area contributed by atoms with Gasteiger partial charge < -0.3 is 0 Å². The molecule has 0 N–H and O–H groups in total. The van der Waals surface area contributed by atoms with E-state index in [-0.39, 0.29) is 23.5 Å².